The molecule has 2 aromatic heterocycles. The average Bonchev–Trinajstić information content (AvgIpc) is 2.40. The Hall–Kier alpha value is -2.42. The molecule has 0 aliphatic heterocycles. The molecule has 3 aromatic rings. The van der Waals surface area contributed by atoms with Crippen LogP contribution in [0.5, 0.6) is 11.5 Å². The number of pyridine rings is 2. The zero-order chi connectivity index (χ0) is 11.5. The SMILES string of the molecule is c1ccc(Oc2cnc3ncccc3c2)cc1. The number of hydrogen-bond donors (Lipinski definition) is 0. The Morgan fingerprint density at radius 2 is 1.71 bits per heavy atom. The van der Waals surface area contributed by atoms with Crippen molar-refractivity contribution in [2.45, 2.75) is 0 Å². The number of para-hydroxylation sites is 1. The van der Waals surface area contributed by atoms with Gasteiger partial charge in [-0.1, -0.05) is 18.2 Å². The van der Waals surface area contributed by atoms with Crippen molar-refractivity contribution in [1.82, 2.24) is 9.97 Å². The molecule has 0 bridgehead atoms. The lowest BCUT2D eigenvalue weighted by Crippen LogP contribution is -1.87. The van der Waals surface area contributed by atoms with Crippen LogP contribution in [0.1, 0.15) is 0 Å². The summed E-state index contributed by atoms with van der Waals surface area (Å²) in [5.41, 5.74) is 0.730. The molecule has 0 amide bonds. The molecule has 3 rings (SSSR count). The summed E-state index contributed by atoms with van der Waals surface area (Å²) in [6.45, 7) is 0. The van der Waals surface area contributed by atoms with Crippen LogP contribution in [0.4, 0.5) is 0 Å². The van der Waals surface area contributed by atoms with Crippen LogP contribution in [0.25, 0.3) is 11.0 Å². The summed E-state index contributed by atoms with van der Waals surface area (Å²) in [4.78, 5) is 8.40. The zero-order valence-corrected chi connectivity index (χ0v) is 9.08. The van der Waals surface area contributed by atoms with Crippen LogP contribution >= 0.6 is 0 Å². The van der Waals surface area contributed by atoms with Crippen molar-refractivity contribution < 1.29 is 4.74 Å². The second-order valence-corrected chi connectivity index (χ2v) is 3.64. The van der Waals surface area contributed by atoms with Crippen molar-refractivity contribution in [3.63, 3.8) is 0 Å². The van der Waals surface area contributed by atoms with Gasteiger partial charge in [0.15, 0.2) is 5.65 Å². The Morgan fingerprint density at radius 1 is 0.824 bits per heavy atom. The van der Waals surface area contributed by atoms with E-state index in [4.69, 9.17) is 4.74 Å². The molecule has 3 nitrogen and oxygen atoms in total. The van der Waals surface area contributed by atoms with Crippen LogP contribution < -0.4 is 4.74 Å². The molecule has 0 fully saturated rings. The van der Waals surface area contributed by atoms with Gasteiger partial charge in [-0.05, 0) is 30.3 Å². The van der Waals surface area contributed by atoms with Gasteiger partial charge in [0, 0.05) is 11.6 Å². The molecule has 0 unspecified atom stereocenters. The fourth-order valence-electron chi connectivity index (χ4n) is 1.63. The minimum Gasteiger partial charge on any atom is -0.456 e. The topological polar surface area (TPSA) is 35.0 Å². The summed E-state index contributed by atoms with van der Waals surface area (Å²) >= 11 is 0. The lowest BCUT2D eigenvalue weighted by Gasteiger charge is -2.05. The summed E-state index contributed by atoms with van der Waals surface area (Å²) in [7, 11) is 0. The Morgan fingerprint density at radius 3 is 2.59 bits per heavy atom. The van der Waals surface area contributed by atoms with Crippen LogP contribution in [0.2, 0.25) is 0 Å². The van der Waals surface area contributed by atoms with Crippen LogP contribution in [-0.2, 0) is 0 Å². The van der Waals surface area contributed by atoms with Crippen molar-refractivity contribution in [3.05, 3.63) is 60.9 Å². The highest BCUT2D eigenvalue weighted by molar-refractivity contribution is 5.75. The third-order valence-electron chi connectivity index (χ3n) is 2.41. The van der Waals surface area contributed by atoms with Crippen molar-refractivity contribution in [3.8, 4) is 11.5 Å². The highest BCUT2D eigenvalue weighted by Gasteiger charge is 2.00. The van der Waals surface area contributed by atoms with Gasteiger partial charge in [-0.25, -0.2) is 9.97 Å². The molecule has 0 saturated heterocycles. The molecule has 2 heterocycles. The van der Waals surface area contributed by atoms with E-state index in [-0.39, 0.29) is 0 Å². The predicted molar refractivity (Wildman–Crippen MR) is 66.1 cm³/mol. The molecular weight excluding hydrogens is 212 g/mol. The first-order chi connectivity index (χ1) is 8.42. The fourth-order valence-corrected chi connectivity index (χ4v) is 1.63. The smallest absolute Gasteiger partial charge is 0.159 e. The number of ether oxygens (including phenoxy) is 1. The second kappa shape index (κ2) is 4.22. The summed E-state index contributed by atoms with van der Waals surface area (Å²) in [6, 6.07) is 15.4. The Labute approximate surface area is 98.7 Å². The second-order valence-electron chi connectivity index (χ2n) is 3.64. The highest BCUT2D eigenvalue weighted by Crippen LogP contribution is 2.22. The Bertz CT molecular complexity index is 638. The molecule has 0 atom stereocenters. The summed E-state index contributed by atoms with van der Waals surface area (Å²) in [5.74, 6) is 1.52. The van der Waals surface area contributed by atoms with Crippen molar-refractivity contribution in [1.29, 1.82) is 0 Å². The Balaban J connectivity index is 1.96. The first-order valence-corrected chi connectivity index (χ1v) is 5.35. The molecule has 0 aliphatic rings. The number of hydrogen-bond acceptors (Lipinski definition) is 3. The van der Waals surface area contributed by atoms with Crippen LogP contribution in [-0.4, -0.2) is 9.97 Å². The van der Waals surface area contributed by atoms with Gasteiger partial charge in [0.1, 0.15) is 11.5 Å². The molecule has 0 N–H and O–H groups in total. The van der Waals surface area contributed by atoms with E-state index in [9.17, 15) is 0 Å². The molecule has 0 spiro atoms. The summed E-state index contributed by atoms with van der Waals surface area (Å²) in [5, 5.41) is 0.973. The number of rotatable bonds is 2. The minimum absolute atomic E-state index is 0.719. The van der Waals surface area contributed by atoms with Crippen LogP contribution in [0, 0.1) is 0 Å². The van der Waals surface area contributed by atoms with E-state index >= 15 is 0 Å². The normalized spacial score (nSPS) is 10.4. The molecule has 3 heteroatoms. The third-order valence-corrected chi connectivity index (χ3v) is 2.41. The molecule has 0 aliphatic carbocycles. The van der Waals surface area contributed by atoms with Crippen molar-refractivity contribution >= 4 is 11.0 Å². The summed E-state index contributed by atoms with van der Waals surface area (Å²) in [6.07, 6.45) is 3.41. The van der Waals surface area contributed by atoms with Gasteiger partial charge in [0.25, 0.3) is 0 Å². The van der Waals surface area contributed by atoms with Crippen molar-refractivity contribution in [2.75, 3.05) is 0 Å². The van der Waals surface area contributed by atoms with Gasteiger partial charge in [0.05, 0.1) is 6.20 Å². The molecule has 17 heavy (non-hydrogen) atoms. The van der Waals surface area contributed by atoms with Crippen LogP contribution in [0.15, 0.2) is 60.9 Å². The highest BCUT2D eigenvalue weighted by atomic mass is 16.5. The number of nitrogens with zero attached hydrogens (tertiary/aromatic N) is 2. The van der Waals surface area contributed by atoms with Gasteiger partial charge in [-0.3, -0.25) is 0 Å². The van der Waals surface area contributed by atoms with E-state index in [2.05, 4.69) is 9.97 Å². The lowest BCUT2D eigenvalue weighted by molar-refractivity contribution is 0.481. The zero-order valence-electron chi connectivity index (χ0n) is 9.08. The van der Waals surface area contributed by atoms with E-state index in [1.807, 2.05) is 48.5 Å². The molecule has 0 radical (unpaired) electrons. The van der Waals surface area contributed by atoms with E-state index in [0.29, 0.717) is 0 Å². The standard InChI is InChI=1S/C14H10N2O/c1-2-6-12(7-3-1)17-13-9-11-5-4-8-15-14(11)16-10-13/h1-10H. The third kappa shape index (κ3) is 2.08. The maximum absolute atomic E-state index is 5.70. The number of fused-ring (bicyclic) bond motifs is 1. The number of aromatic nitrogens is 2. The molecular formula is C14H10N2O. The lowest BCUT2D eigenvalue weighted by atomic mass is 10.3. The first kappa shape index (κ1) is 9.78. The van der Waals surface area contributed by atoms with E-state index < -0.39 is 0 Å². The van der Waals surface area contributed by atoms with Gasteiger partial charge in [-0.2, -0.15) is 0 Å². The molecule has 1 aromatic carbocycles. The van der Waals surface area contributed by atoms with Gasteiger partial charge < -0.3 is 4.74 Å². The quantitative estimate of drug-likeness (QED) is 0.666. The largest absolute Gasteiger partial charge is 0.456 e. The van der Waals surface area contributed by atoms with Crippen molar-refractivity contribution in [2.24, 2.45) is 0 Å². The van der Waals surface area contributed by atoms with Gasteiger partial charge in [0.2, 0.25) is 0 Å². The predicted octanol–water partition coefficient (Wildman–Crippen LogP) is 3.42. The number of benzene rings is 1. The maximum Gasteiger partial charge on any atom is 0.159 e. The van der Waals surface area contributed by atoms with E-state index in [1.54, 1.807) is 12.4 Å². The molecule has 0 saturated carbocycles. The van der Waals surface area contributed by atoms with E-state index in [0.717, 1.165) is 22.5 Å². The minimum atomic E-state index is 0.719. The summed E-state index contributed by atoms with van der Waals surface area (Å²) < 4.78 is 5.70. The fraction of sp³-hybridized carbons (Fsp3) is 0. The molecule has 82 valence electrons. The average molecular weight is 222 g/mol. The maximum atomic E-state index is 5.70. The van der Waals surface area contributed by atoms with E-state index in [1.165, 1.54) is 0 Å². The Kier molecular flexibility index (Phi) is 2.43. The monoisotopic (exact) mass is 222 g/mol. The van der Waals surface area contributed by atoms with Gasteiger partial charge >= 0.3 is 0 Å². The van der Waals surface area contributed by atoms with Gasteiger partial charge in [-0.15, -0.1) is 0 Å². The van der Waals surface area contributed by atoms with Crippen LogP contribution in [0.3, 0.4) is 0 Å². The first-order valence-electron chi connectivity index (χ1n) is 5.35.